The van der Waals surface area contributed by atoms with E-state index in [1.807, 2.05) is 11.9 Å². The Morgan fingerprint density at radius 1 is 1.11 bits per heavy atom. The van der Waals surface area contributed by atoms with Crippen LogP contribution in [0.25, 0.3) is 22.0 Å². The fourth-order valence-electron chi connectivity index (χ4n) is 4.60. The van der Waals surface area contributed by atoms with Crippen LogP contribution in [0.5, 0.6) is 5.75 Å². The van der Waals surface area contributed by atoms with Gasteiger partial charge in [-0.3, -0.25) is 4.90 Å². The van der Waals surface area contributed by atoms with Gasteiger partial charge in [0.1, 0.15) is 34.6 Å². The minimum Gasteiger partial charge on any atom is -0.507 e. The number of phenols is 1. The van der Waals surface area contributed by atoms with Crippen LogP contribution in [0.1, 0.15) is 18.6 Å². The molecule has 4 aromatic rings. The number of aromatic nitrogens is 4. The van der Waals surface area contributed by atoms with E-state index in [0.29, 0.717) is 49.0 Å². The van der Waals surface area contributed by atoms with Gasteiger partial charge in [0.15, 0.2) is 5.82 Å². The Hall–Kier alpha value is -3.47. The molecule has 1 aliphatic rings. The van der Waals surface area contributed by atoms with Gasteiger partial charge < -0.3 is 15.3 Å². The van der Waals surface area contributed by atoms with Crippen molar-refractivity contribution in [3.05, 3.63) is 71.0 Å². The topological polar surface area (TPSA) is 90.3 Å². The maximum atomic E-state index is 16.1. The summed E-state index contributed by atoms with van der Waals surface area (Å²) in [6.45, 7) is 4.87. The summed E-state index contributed by atoms with van der Waals surface area (Å²) in [7, 11) is 1.87. The van der Waals surface area contributed by atoms with Crippen LogP contribution in [0.2, 0.25) is 5.02 Å². The Labute approximate surface area is 218 Å². The second kappa shape index (κ2) is 10.5. The largest absolute Gasteiger partial charge is 0.507 e. The van der Waals surface area contributed by atoms with Gasteiger partial charge in [-0.1, -0.05) is 17.7 Å². The molecule has 0 spiro atoms. The van der Waals surface area contributed by atoms with Gasteiger partial charge in [-0.15, -0.1) is 0 Å². The van der Waals surface area contributed by atoms with Gasteiger partial charge >= 0.3 is 0 Å². The highest BCUT2D eigenvalue weighted by Gasteiger charge is 2.26. The van der Waals surface area contributed by atoms with Gasteiger partial charge in [-0.05, 0) is 38.2 Å². The lowest BCUT2D eigenvalue weighted by atomic mass is 10.0. The summed E-state index contributed by atoms with van der Waals surface area (Å²) >= 11 is 6.51. The Morgan fingerprint density at radius 3 is 2.59 bits per heavy atom. The Morgan fingerprint density at radius 2 is 1.86 bits per heavy atom. The number of fused-ring (bicyclic) bond motifs is 1. The number of benzene rings is 2. The van der Waals surface area contributed by atoms with Crippen molar-refractivity contribution in [1.29, 1.82) is 0 Å². The SMILES string of the molecule is C[C@@H]1CN(c2nc(CN(C)Cc3ncccn3)nc3c(F)c(-c4c(O)cccc4F)c(Cl)cc23)CCN1. The number of nitrogens with one attached hydrogen (secondary N) is 1. The minimum atomic E-state index is -0.815. The quantitative estimate of drug-likeness (QED) is 0.388. The first-order valence-electron chi connectivity index (χ1n) is 11.9. The molecule has 2 aromatic heterocycles. The second-order valence-electron chi connectivity index (χ2n) is 9.18. The molecule has 0 radical (unpaired) electrons. The van der Waals surface area contributed by atoms with Gasteiger partial charge in [0, 0.05) is 49.0 Å². The average Bonchev–Trinajstić information content (AvgIpc) is 2.86. The molecule has 1 aliphatic heterocycles. The zero-order valence-corrected chi connectivity index (χ0v) is 21.2. The lowest BCUT2D eigenvalue weighted by Crippen LogP contribution is -2.49. The van der Waals surface area contributed by atoms with E-state index in [1.54, 1.807) is 24.5 Å². The number of aromatic hydroxyl groups is 1. The van der Waals surface area contributed by atoms with E-state index < -0.39 is 17.4 Å². The molecular weight excluding hydrogens is 500 g/mol. The summed E-state index contributed by atoms with van der Waals surface area (Å²) in [4.78, 5) is 21.9. The number of nitrogens with zero attached hydrogens (tertiary/aromatic N) is 6. The lowest BCUT2D eigenvalue weighted by Gasteiger charge is -2.33. The van der Waals surface area contributed by atoms with Crippen molar-refractivity contribution in [3.63, 3.8) is 0 Å². The van der Waals surface area contributed by atoms with Crippen molar-refractivity contribution in [2.24, 2.45) is 0 Å². The van der Waals surface area contributed by atoms with Crippen molar-refractivity contribution in [3.8, 4) is 16.9 Å². The number of rotatable bonds is 6. The molecule has 1 fully saturated rings. The van der Waals surface area contributed by atoms with Crippen LogP contribution >= 0.6 is 11.6 Å². The molecule has 0 bridgehead atoms. The average molecular weight is 526 g/mol. The van der Waals surface area contributed by atoms with Crippen molar-refractivity contribution in [2.45, 2.75) is 26.1 Å². The molecule has 1 saturated heterocycles. The van der Waals surface area contributed by atoms with Crippen molar-refractivity contribution >= 4 is 28.3 Å². The molecule has 2 N–H and O–H groups in total. The number of phenolic OH excluding ortho intramolecular Hbond substituents is 1. The number of piperazine rings is 1. The first-order valence-corrected chi connectivity index (χ1v) is 12.3. The molecule has 3 heterocycles. The van der Waals surface area contributed by atoms with Gasteiger partial charge in [0.2, 0.25) is 0 Å². The molecule has 8 nitrogen and oxygen atoms in total. The third-order valence-corrected chi connectivity index (χ3v) is 6.56. The van der Waals surface area contributed by atoms with E-state index in [-0.39, 0.29) is 27.7 Å². The Kier molecular flexibility index (Phi) is 7.14. The summed E-state index contributed by atoms with van der Waals surface area (Å²) in [5, 5.41) is 14.1. The fraction of sp³-hybridized carbons (Fsp3) is 0.308. The second-order valence-corrected chi connectivity index (χ2v) is 9.59. The molecule has 0 aliphatic carbocycles. The van der Waals surface area contributed by atoms with Crippen LogP contribution in [0.4, 0.5) is 14.6 Å². The molecule has 2 aromatic carbocycles. The number of hydrogen-bond acceptors (Lipinski definition) is 8. The predicted octanol–water partition coefficient (Wildman–Crippen LogP) is 4.15. The number of halogens is 3. The van der Waals surface area contributed by atoms with Gasteiger partial charge in [0.25, 0.3) is 0 Å². The van der Waals surface area contributed by atoms with Crippen molar-refractivity contribution in [1.82, 2.24) is 30.2 Å². The number of hydrogen-bond donors (Lipinski definition) is 2. The summed E-state index contributed by atoms with van der Waals surface area (Å²) in [5.41, 5.74) is -0.527. The highest BCUT2D eigenvalue weighted by atomic mass is 35.5. The third-order valence-electron chi connectivity index (χ3n) is 6.26. The molecule has 0 amide bonds. The summed E-state index contributed by atoms with van der Waals surface area (Å²) in [6, 6.07) is 7.28. The van der Waals surface area contributed by atoms with Crippen LogP contribution in [-0.2, 0) is 13.1 Å². The van der Waals surface area contributed by atoms with E-state index in [1.165, 1.54) is 12.1 Å². The normalized spacial score (nSPS) is 16.1. The van der Waals surface area contributed by atoms with Gasteiger partial charge in [-0.2, -0.15) is 0 Å². The zero-order chi connectivity index (χ0) is 26.1. The first kappa shape index (κ1) is 25.2. The predicted molar refractivity (Wildman–Crippen MR) is 138 cm³/mol. The third kappa shape index (κ3) is 5.18. The van der Waals surface area contributed by atoms with E-state index in [9.17, 15) is 9.50 Å². The van der Waals surface area contributed by atoms with Crippen LogP contribution < -0.4 is 10.2 Å². The highest BCUT2D eigenvalue weighted by Crippen LogP contribution is 2.42. The molecule has 37 heavy (non-hydrogen) atoms. The van der Waals surface area contributed by atoms with Gasteiger partial charge in [-0.25, -0.2) is 28.7 Å². The molecule has 192 valence electrons. The van der Waals surface area contributed by atoms with Crippen LogP contribution in [-0.4, -0.2) is 62.7 Å². The lowest BCUT2D eigenvalue weighted by molar-refractivity contribution is 0.302. The van der Waals surface area contributed by atoms with Crippen molar-refractivity contribution in [2.75, 3.05) is 31.6 Å². The fourth-order valence-corrected chi connectivity index (χ4v) is 4.89. The van der Waals surface area contributed by atoms with Crippen molar-refractivity contribution < 1.29 is 13.9 Å². The zero-order valence-electron chi connectivity index (χ0n) is 20.4. The molecule has 0 unspecified atom stereocenters. The molecule has 11 heteroatoms. The number of anilines is 1. The summed E-state index contributed by atoms with van der Waals surface area (Å²) in [5.74, 6) is -0.427. The van der Waals surface area contributed by atoms with Crippen LogP contribution in [0, 0.1) is 11.6 Å². The van der Waals surface area contributed by atoms with E-state index in [0.717, 1.165) is 12.6 Å². The minimum absolute atomic E-state index is 0.0117. The smallest absolute Gasteiger partial charge is 0.159 e. The maximum absolute atomic E-state index is 16.1. The first-order chi connectivity index (χ1) is 17.8. The summed E-state index contributed by atoms with van der Waals surface area (Å²) in [6.07, 6.45) is 3.34. The highest BCUT2D eigenvalue weighted by molar-refractivity contribution is 6.34. The maximum Gasteiger partial charge on any atom is 0.159 e. The molecule has 1 atom stereocenters. The summed E-state index contributed by atoms with van der Waals surface area (Å²) < 4.78 is 30.9. The standard InChI is InChI=1S/C26H26ClF2N7O/c1-15-12-36(10-9-30-15)26-16-11-17(27)22(23-18(28)5-3-6-19(23)37)24(29)25(16)33-21(34-26)14-35(2)13-20-31-7-4-8-32-20/h3-8,11,15,30,37H,9-10,12-14H2,1-2H3/t15-/m1/s1. The van der Waals surface area contributed by atoms with E-state index in [2.05, 4.69) is 32.1 Å². The molecular formula is C26H26ClF2N7O. The van der Waals surface area contributed by atoms with E-state index >= 15 is 4.39 Å². The van der Waals surface area contributed by atoms with Gasteiger partial charge in [0.05, 0.1) is 23.7 Å². The van der Waals surface area contributed by atoms with E-state index in [4.69, 9.17) is 16.6 Å². The Balaban J connectivity index is 1.64. The molecule has 0 saturated carbocycles. The monoisotopic (exact) mass is 525 g/mol. The van der Waals surface area contributed by atoms with Crippen LogP contribution in [0.15, 0.2) is 42.7 Å². The van der Waals surface area contributed by atoms with Crippen LogP contribution in [0.3, 0.4) is 0 Å². The molecule has 5 rings (SSSR count). The Bertz CT molecular complexity index is 1420.